The minimum atomic E-state index is 0.475. The van der Waals surface area contributed by atoms with Crippen LogP contribution in [0.3, 0.4) is 0 Å². The number of nitrogens with one attached hydrogen (secondary N) is 1. The van der Waals surface area contributed by atoms with Crippen LogP contribution in [-0.4, -0.2) is 43.6 Å². The predicted octanol–water partition coefficient (Wildman–Crippen LogP) is 2.94. The second-order valence-corrected chi connectivity index (χ2v) is 6.05. The van der Waals surface area contributed by atoms with Crippen molar-refractivity contribution < 1.29 is 0 Å². The highest BCUT2D eigenvalue weighted by atomic mass is 32.2. The van der Waals surface area contributed by atoms with Gasteiger partial charge in [-0.05, 0) is 33.1 Å². The average molecular weight is 266 g/mol. The zero-order chi connectivity index (χ0) is 13.4. The molecule has 1 aromatic rings. The van der Waals surface area contributed by atoms with Gasteiger partial charge in [0, 0.05) is 24.1 Å². The molecule has 0 heterocycles. The third-order valence-electron chi connectivity index (χ3n) is 2.90. The van der Waals surface area contributed by atoms with Crippen LogP contribution in [0.5, 0.6) is 0 Å². The molecule has 102 valence electrons. The first kappa shape index (κ1) is 15.5. The van der Waals surface area contributed by atoms with Crippen LogP contribution in [0.4, 0.5) is 0 Å². The van der Waals surface area contributed by atoms with Crippen LogP contribution < -0.4 is 5.32 Å². The highest BCUT2D eigenvalue weighted by Crippen LogP contribution is 2.19. The largest absolute Gasteiger partial charge is 0.310 e. The maximum Gasteiger partial charge on any atom is 0.0411 e. The van der Waals surface area contributed by atoms with E-state index in [0.29, 0.717) is 6.04 Å². The van der Waals surface area contributed by atoms with Gasteiger partial charge < -0.3 is 10.2 Å². The van der Waals surface area contributed by atoms with Crippen LogP contribution in [-0.2, 0) is 0 Å². The molecule has 1 aromatic carbocycles. The topological polar surface area (TPSA) is 15.3 Å². The third kappa shape index (κ3) is 5.89. The van der Waals surface area contributed by atoms with E-state index >= 15 is 0 Å². The van der Waals surface area contributed by atoms with Gasteiger partial charge in [-0.2, -0.15) is 11.8 Å². The van der Waals surface area contributed by atoms with E-state index in [1.165, 1.54) is 16.9 Å². The molecule has 1 rings (SSSR count). The van der Waals surface area contributed by atoms with Crippen LogP contribution >= 0.6 is 11.8 Å². The van der Waals surface area contributed by atoms with Crippen molar-refractivity contribution in [3.8, 4) is 0 Å². The van der Waals surface area contributed by atoms with Crippen LogP contribution in [0.25, 0.3) is 0 Å². The van der Waals surface area contributed by atoms with Gasteiger partial charge in [0.1, 0.15) is 0 Å². The Morgan fingerprint density at radius 1 is 1.22 bits per heavy atom. The molecule has 0 saturated carbocycles. The lowest BCUT2D eigenvalue weighted by Gasteiger charge is -2.19. The summed E-state index contributed by atoms with van der Waals surface area (Å²) in [6, 6.07) is 9.36. The molecule has 0 radical (unpaired) electrons. The maximum absolute atomic E-state index is 3.57. The van der Waals surface area contributed by atoms with Gasteiger partial charge in [0.2, 0.25) is 0 Å². The first-order valence-electron chi connectivity index (χ1n) is 6.66. The molecule has 2 nitrogen and oxygen atoms in total. The standard InChI is InChI=1S/C15H26N2S/c1-5-16-15(12-18-11-10-17(3)4)14-8-6-13(2)7-9-14/h6-9,15-16H,5,10-12H2,1-4H3. The van der Waals surface area contributed by atoms with Crippen molar-refractivity contribution in [2.45, 2.75) is 19.9 Å². The van der Waals surface area contributed by atoms with E-state index in [2.05, 4.69) is 62.4 Å². The lowest BCUT2D eigenvalue weighted by Crippen LogP contribution is -2.24. The van der Waals surface area contributed by atoms with Crippen molar-refractivity contribution in [2.24, 2.45) is 0 Å². The second-order valence-electron chi connectivity index (χ2n) is 4.90. The zero-order valence-electron chi connectivity index (χ0n) is 12.1. The molecule has 1 unspecified atom stereocenters. The van der Waals surface area contributed by atoms with Gasteiger partial charge in [-0.25, -0.2) is 0 Å². The van der Waals surface area contributed by atoms with Crippen molar-refractivity contribution in [1.29, 1.82) is 0 Å². The predicted molar refractivity (Wildman–Crippen MR) is 83.5 cm³/mol. The number of aryl methyl sites for hydroxylation is 1. The number of rotatable bonds is 8. The van der Waals surface area contributed by atoms with E-state index in [4.69, 9.17) is 0 Å². The summed E-state index contributed by atoms with van der Waals surface area (Å²) in [5, 5.41) is 3.57. The first-order valence-corrected chi connectivity index (χ1v) is 7.81. The van der Waals surface area contributed by atoms with Crippen molar-refractivity contribution in [3.05, 3.63) is 35.4 Å². The number of hydrogen-bond acceptors (Lipinski definition) is 3. The van der Waals surface area contributed by atoms with E-state index in [1.807, 2.05) is 11.8 Å². The van der Waals surface area contributed by atoms with Crippen LogP contribution in [0.2, 0.25) is 0 Å². The van der Waals surface area contributed by atoms with Gasteiger partial charge in [-0.1, -0.05) is 36.8 Å². The lowest BCUT2D eigenvalue weighted by atomic mass is 10.1. The van der Waals surface area contributed by atoms with Crippen molar-refractivity contribution in [2.75, 3.05) is 38.7 Å². The van der Waals surface area contributed by atoms with Crippen molar-refractivity contribution >= 4 is 11.8 Å². The van der Waals surface area contributed by atoms with Crippen LogP contribution in [0.15, 0.2) is 24.3 Å². The second kappa shape index (κ2) is 8.57. The molecular weight excluding hydrogens is 240 g/mol. The summed E-state index contributed by atoms with van der Waals surface area (Å²) in [6.07, 6.45) is 0. The smallest absolute Gasteiger partial charge is 0.0411 e. The molecule has 0 aliphatic rings. The quantitative estimate of drug-likeness (QED) is 0.728. The monoisotopic (exact) mass is 266 g/mol. The summed E-state index contributed by atoms with van der Waals surface area (Å²) in [5.41, 5.74) is 2.73. The zero-order valence-corrected chi connectivity index (χ0v) is 12.9. The molecule has 0 saturated heterocycles. The molecule has 0 aliphatic heterocycles. The van der Waals surface area contributed by atoms with E-state index in [-0.39, 0.29) is 0 Å². The fourth-order valence-corrected chi connectivity index (χ4v) is 2.97. The molecule has 0 aliphatic carbocycles. The van der Waals surface area contributed by atoms with E-state index in [0.717, 1.165) is 18.8 Å². The van der Waals surface area contributed by atoms with E-state index in [1.54, 1.807) is 0 Å². The van der Waals surface area contributed by atoms with Crippen molar-refractivity contribution in [3.63, 3.8) is 0 Å². The SMILES string of the molecule is CCNC(CSCCN(C)C)c1ccc(C)cc1. The fraction of sp³-hybridized carbons (Fsp3) is 0.600. The Balaban J connectivity index is 2.46. The van der Waals surface area contributed by atoms with E-state index in [9.17, 15) is 0 Å². The maximum atomic E-state index is 3.57. The summed E-state index contributed by atoms with van der Waals surface area (Å²) in [5.74, 6) is 2.34. The molecule has 1 atom stereocenters. The van der Waals surface area contributed by atoms with Crippen LogP contribution in [0.1, 0.15) is 24.1 Å². The number of thioether (sulfide) groups is 1. The Hall–Kier alpha value is -0.510. The van der Waals surface area contributed by atoms with Gasteiger partial charge in [-0.15, -0.1) is 0 Å². The molecule has 0 bridgehead atoms. The molecule has 18 heavy (non-hydrogen) atoms. The van der Waals surface area contributed by atoms with Crippen LogP contribution in [0, 0.1) is 6.92 Å². The minimum Gasteiger partial charge on any atom is -0.310 e. The van der Waals surface area contributed by atoms with Crippen molar-refractivity contribution in [1.82, 2.24) is 10.2 Å². The third-order valence-corrected chi connectivity index (χ3v) is 3.94. The summed E-state index contributed by atoms with van der Waals surface area (Å²) in [4.78, 5) is 2.24. The lowest BCUT2D eigenvalue weighted by molar-refractivity contribution is 0.437. The molecule has 1 N–H and O–H groups in total. The normalized spacial score (nSPS) is 12.9. The Morgan fingerprint density at radius 3 is 2.44 bits per heavy atom. The summed E-state index contributed by atoms with van der Waals surface area (Å²) in [7, 11) is 4.25. The number of nitrogens with zero attached hydrogens (tertiary/aromatic N) is 1. The number of benzene rings is 1. The fourth-order valence-electron chi connectivity index (χ4n) is 1.77. The van der Waals surface area contributed by atoms with Gasteiger partial charge in [0.05, 0.1) is 0 Å². The Kier molecular flexibility index (Phi) is 7.40. The average Bonchev–Trinajstić information content (AvgIpc) is 2.34. The summed E-state index contributed by atoms with van der Waals surface area (Å²) < 4.78 is 0. The summed E-state index contributed by atoms with van der Waals surface area (Å²) >= 11 is 2.02. The van der Waals surface area contributed by atoms with Gasteiger partial charge in [-0.3, -0.25) is 0 Å². The summed E-state index contributed by atoms with van der Waals surface area (Å²) in [6.45, 7) is 6.48. The first-order chi connectivity index (χ1) is 8.63. The Morgan fingerprint density at radius 2 is 1.89 bits per heavy atom. The Labute approximate surface area is 116 Å². The van der Waals surface area contributed by atoms with Gasteiger partial charge >= 0.3 is 0 Å². The van der Waals surface area contributed by atoms with Gasteiger partial charge in [0.15, 0.2) is 0 Å². The number of hydrogen-bond donors (Lipinski definition) is 1. The van der Waals surface area contributed by atoms with E-state index < -0.39 is 0 Å². The molecular formula is C15H26N2S. The highest BCUT2D eigenvalue weighted by molar-refractivity contribution is 7.99. The van der Waals surface area contributed by atoms with Gasteiger partial charge in [0.25, 0.3) is 0 Å². The molecule has 0 spiro atoms. The molecule has 3 heteroatoms. The minimum absolute atomic E-state index is 0.475. The molecule has 0 fully saturated rings. The molecule has 0 aromatic heterocycles. The highest BCUT2D eigenvalue weighted by Gasteiger charge is 2.09. The Bertz CT molecular complexity index is 322. The molecule has 0 amide bonds.